The molecule has 0 heterocycles. The molecule has 0 bridgehead atoms. The molecule has 0 aromatic heterocycles. The topological polar surface area (TPSA) is 0 Å². The van der Waals surface area contributed by atoms with E-state index in [-0.39, 0.29) is 15.8 Å². The van der Waals surface area contributed by atoms with Crippen LogP contribution >= 0.6 is 15.8 Å². The second-order valence-electron chi connectivity index (χ2n) is 14.6. The zero-order chi connectivity index (χ0) is 28.1. The molecule has 0 unspecified atom stereocenters. The highest BCUT2D eigenvalue weighted by atomic mass is 31.1. The smallest absolute Gasteiger partial charge is 0.0691 e. The van der Waals surface area contributed by atoms with Gasteiger partial charge in [0.15, 0.2) is 0 Å². The van der Waals surface area contributed by atoms with E-state index in [1.807, 2.05) is 21.0 Å². The Kier molecular flexibility index (Phi) is 10.8. The molecule has 4 aliphatic rings. The van der Waals surface area contributed by atoms with Crippen molar-refractivity contribution in [1.29, 1.82) is 0 Å². The van der Waals surface area contributed by atoms with Gasteiger partial charge in [-0.3, -0.25) is 0 Å². The average Bonchev–Trinajstić information content (AvgIpc) is 3.04. The Labute approximate surface area is 256 Å². The van der Waals surface area contributed by atoms with Crippen LogP contribution in [-0.4, -0.2) is 30.7 Å². The lowest BCUT2D eigenvalue weighted by atomic mass is 9.99. The molecule has 41 heavy (non-hydrogen) atoms. The lowest BCUT2D eigenvalue weighted by Gasteiger charge is -2.43. The molecule has 3 heteroatoms. The number of hydrogen-bond donors (Lipinski definition) is 0. The van der Waals surface area contributed by atoms with Gasteiger partial charge in [-0.25, -0.2) is 0 Å². The fourth-order valence-corrected chi connectivity index (χ4v) is 22.3. The Morgan fingerprint density at radius 3 is 0.976 bits per heavy atom. The van der Waals surface area contributed by atoms with Crippen LogP contribution in [0.2, 0.25) is 13.1 Å². The minimum absolute atomic E-state index is 0.0768. The number of benzene rings is 2. The first-order valence-corrected chi connectivity index (χ1v) is 23.9. The third kappa shape index (κ3) is 6.94. The van der Waals surface area contributed by atoms with Gasteiger partial charge in [-0.2, -0.15) is 0 Å². The Morgan fingerprint density at radius 1 is 0.415 bits per heavy atom. The van der Waals surface area contributed by atoms with Crippen molar-refractivity contribution in [2.24, 2.45) is 0 Å². The van der Waals surface area contributed by atoms with Gasteiger partial charge in [-0.1, -0.05) is 155 Å². The highest BCUT2D eigenvalue weighted by Crippen LogP contribution is 2.56. The van der Waals surface area contributed by atoms with E-state index in [0.717, 1.165) is 22.6 Å². The Morgan fingerprint density at radius 2 is 0.683 bits per heavy atom. The van der Waals surface area contributed by atoms with Gasteiger partial charge in [0.25, 0.3) is 0 Å². The summed E-state index contributed by atoms with van der Waals surface area (Å²) in [6, 6.07) is 20.3. The maximum Gasteiger partial charge on any atom is 0.113 e. The molecular weight excluding hydrogens is 546 g/mol. The van der Waals surface area contributed by atoms with Crippen molar-refractivity contribution in [1.82, 2.24) is 0 Å². The molecule has 0 aliphatic heterocycles. The van der Waals surface area contributed by atoms with Gasteiger partial charge < -0.3 is 0 Å². The monoisotopic (exact) mass is 604 g/mol. The van der Waals surface area contributed by atoms with Crippen LogP contribution in [0.15, 0.2) is 48.5 Å². The quantitative estimate of drug-likeness (QED) is 0.208. The SMILES string of the molecule is C[Si](C)(c1ccccc1P(C1CCCCC1)C1CCCCC1)c1ccccc1P(C1CCCCC1)C1CCCCC1. The summed E-state index contributed by atoms with van der Waals surface area (Å²) in [5, 5.41) is 7.40. The molecule has 4 saturated carbocycles. The summed E-state index contributed by atoms with van der Waals surface area (Å²) in [5.41, 5.74) is 3.91. The molecule has 2 aromatic carbocycles. The summed E-state index contributed by atoms with van der Waals surface area (Å²) in [6.45, 7) is 5.52. The lowest BCUT2D eigenvalue weighted by molar-refractivity contribution is 0.487. The van der Waals surface area contributed by atoms with Crippen molar-refractivity contribution >= 4 is 44.9 Å². The summed E-state index contributed by atoms with van der Waals surface area (Å²) in [7, 11) is -2.05. The second kappa shape index (κ2) is 14.5. The van der Waals surface area contributed by atoms with Crippen molar-refractivity contribution in [3.8, 4) is 0 Å². The Bertz CT molecular complexity index is 965. The van der Waals surface area contributed by atoms with Gasteiger partial charge in [0.1, 0.15) is 8.07 Å². The third-order valence-corrected chi connectivity index (χ3v) is 22.7. The minimum atomic E-state index is -1.89. The highest BCUT2D eigenvalue weighted by Gasteiger charge is 2.40. The molecule has 0 radical (unpaired) electrons. The first-order valence-electron chi connectivity index (χ1n) is 17.9. The molecule has 0 nitrogen and oxygen atoms in total. The van der Waals surface area contributed by atoms with Crippen LogP contribution in [0.25, 0.3) is 0 Å². The van der Waals surface area contributed by atoms with Crippen LogP contribution in [0.3, 0.4) is 0 Å². The number of rotatable bonds is 8. The lowest BCUT2D eigenvalue weighted by Crippen LogP contribution is -2.62. The molecule has 6 rings (SSSR count). The maximum absolute atomic E-state index is 2.76. The van der Waals surface area contributed by atoms with E-state index < -0.39 is 8.07 Å². The van der Waals surface area contributed by atoms with Gasteiger partial charge in [0, 0.05) is 0 Å². The zero-order valence-electron chi connectivity index (χ0n) is 26.5. The largest absolute Gasteiger partial charge is 0.113 e. The van der Waals surface area contributed by atoms with E-state index in [4.69, 9.17) is 0 Å². The standard InChI is InChI=1S/C38H58P2Si/c1-41(2,37-29-17-15-27-35(37)39(31-19-7-3-8-20-31)32-21-9-4-10-22-32)38-30-18-16-28-36(38)40(33-23-11-5-12-24-33)34-25-13-6-14-26-34/h15-18,27-34H,3-14,19-26H2,1-2H3. The summed E-state index contributed by atoms with van der Waals surface area (Å²) < 4.78 is 0. The normalized spacial score (nSPS) is 22.9. The predicted molar refractivity (Wildman–Crippen MR) is 190 cm³/mol. The van der Waals surface area contributed by atoms with Crippen molar-refractivity contribution in [3.63, 3.8) is 0 Å². The molecule has 224 valence electrons. The van der Waals surface area contributed by atoms with Gasteiger partial charge in [-0.05, 0) is 95.0 Å². The average molecular weight is 605 g/mol. The van der Waals surface area contributed by atoms with Crippen LogP contribution in [0.1, 0.15) is 128 Å². The second-order valence-corrected chi connectivity index (χ2v) is 24.5. The Hall–Kier alpha value is -0.483. The van der Waals surface area contributed by atoms with E-state index in [1.165, 1.54) is 128 Å². The third-order valence-electron chi connectivity index (χ3n) is 11.6. The molecular formula is C38H58P2Si. The molecule has 4 fully saturated rings. The fraction of sp³-hybridized carbons (Fsp3) is 0.684. The van der Waals surface area contributed by atoms with Crippen molar-refractivity contribution in [2.45, 2.75) is 164 Å². The molecule has 0 N–H and O–H groups in total. The summed E-state index contributed by atoms with van der Waals surface area (Å²) >= 11 is 0. The molecule has 0 saturated heterocycles. The van der Waals surface area contributed by atoms with Crippen molar-refractivity contribution < 1.29 is 0 Å². The van der Waals surface area contributed by atoms with E-state index in [9.17, 15) is 0 Å². The summed E-state index contributed by atoms with van der Waals surface area (Å²) in [4.78, 5) is 0. The Balaban J connectivity index is 1.42. The van der Waals surface area contributed by atoms with E-state index in [0.29, 0.717) is 0 Å². The van der Waals surface area contributed by atoms with E-state index >= 15 is 0 Å². The van der Waals surface area contributed by atoms with Crippen LogP contribution in [0.4, 0.5) is 0 Å². The first-order chi connectivity index (χ1) is 20.1. The van der Waals surface area contributed by atoms with E-state index in [2.05, 4.69) is 61.6 Å². The van der Waals surface area contributed by atoms with Gasteiger partial charge >= 0.3 is 0 Å². The van der Waals surface area contributed by atoms with Gasteiger partial charge in [0.05, 0.1) is 0 Å². The zero-order valence-corrected chi connectivity index (χ0v) is 29.3. The van der Waals surface area contributed by atoms with E-state index in [1.54, 1.807) is 0 Å². The first kappa shape index (κ1) is 30.5. The summed E-state index contributed by atoms with van der Waals surface area (Å²) in [5.74, 6) is 0. The predicted octanol–water partition coefficient (Wildman–Crippen LogP) is 10.1. The summed E-state index contributed by atoms with van der Waals surface area (Å²) in [6.07, 6.45) is 29.8. The van der Waals surface area contributed by atoms with Crippen LogP contribution in [-0.2, 0) is 0 Å². The minimum Gasteiger partial charge on any atom is -0.0691 e. The fourth-order valence-electron chi connectivity index (χ4n) is 9.42. The molecule has 4 aliphatic carbocycles. The van der Waals surface area contributed by atoms with Crippen LogP contribution in [0, 0.1) is 0 Å². The van der Waals surface area contributed by atoms with Crippen molar-refractivity contribution in [2.75, 3.05) is 0 Å². The number of hydrogen-bond acceptors (Lipinski definition) is 0. The van der Waals surface area contributed by atoms with Gasteiger partial charge in [0.2, 0.25) is 0 Å². The van der Waals surface area contributed by atoms with Crippen LogP contribution < -0.4 is 21.0 Å². The van der Waals surface area contributed by atoms with Crippen LogP contribution in [0.5, 0.6) is 0 Å². The van der Waals surface area contributed by atoms with Gasteiger partial charge in [-0.15, -0.1) is 0 Å². The maximum atomic E-state index is 2.76. The molecule has 0 amide bonds. The highest BCUT2D eigenvalue weighted by molar-refractivity contribution is 7.68. The molecule has 0 atom stereocenters. The van der Waals surface area contributed by atoms with Crippen molar-refractivity contribution in [3.05, 3.63) is 48.5 Å². The molecule has 2 aromatic rings. The molecule has 0 spiro atoms.